The summed E-state index contributed by atoms with van der Waals surface area (Å²) in [5.41, 5.74) is 5.62. The second-order valence-corrected chi connectivity index (χ2v) is 6.85. The highest BCUT2D eigenvalue weighted by Gasteiger charge is 2.42. The van der Waals surface area contributed by atoms with Crippen molar-refractivity contribution in [3.05, 3.63) is 65.1 Å². The predicted octanol–water partition coefficient (Wildman–Crippen LogP) is 3.96. The molecule has 3 aromatic rings. The zero-order valence-electron chi connectivity index (χ0n) is 16.3. The number of aromatic nitrogens is 2. The number of fused-ring (bicyclic) bond motifs is 3. The van der Waals surface area contributed by atoms with E-state index in [1.165, 1.54) is 7.11 Å². The molecule has 0 radical (unpaired) electrons. The van der Waals surface area contributed by atoms with Gasteiger partial charge in [0.1, 0.15) is 6.10 Å². The first-order valence-electron chi connectivity index (χ1n) is 9.12. The van der Waals surface area contributed by atoms with E-state index in [1.807, 2.05) is 56.4 Å². The summed E-state index contributed by atoms with van der Waals surface area (Å²) in [4.78, 5) is 16.7. The summed E-state index contributed by atoms with van der Waals surface area (Å²) in [5, 5.41) is 3.54. The lowest BCUT2D eigenvalue weighted by atomic mass is 9.88. The lowest BCUT2D eigenvalue weighted by molar-refractivity contribution is -0.0557. The molecule has 28 heavy (non-hydrogen) atoms. The quantitative estimate of drug-likeness (QED) is 0.693. The van der Waals surface area contributed by atoms with Gasteiger partial charge in [0.15, 0.2) is 11.8 Å². The number of methoxy groups -OCH3 is 2. The van der Waals surface area contributed by atoms with Gasteiger partial charge in [-0.25, -0.2) is 9.78 Å². The molecule has 1 aliphatic rings. The molecular weight excluding hydrogens is 358 g/mol. The number of hydrogen-bond acceptors (Lipinski definition) is 6. The Bertz CT molecular complexity index is 1020. The molecule has 0 spiro atoms. The van der Waals surface area contributed by atoms with Crippen molar-refractivity contribution in [3.8, 4) is 0 Å². The maximum Gasteiger partial charge on any atom is 0.508 e. The van der Waals surface area contributed by atoms with Crippen LogP contribution in [0.1, 0.15) is 34.7 Å². The fraction of sp³-hybridized carbons (Fsp3) is 0.333. The van der Waals surface area contributed by atoms with Crippen molar-refractivity contribution in [2.24, 2.45) is 0 Å². The summed E-state index contributed by atoms with van der Waals surface area (Å²) in [7, 11) is 2.91. The predicted molar refractivity (Wildman–Crippen MR) is 104 cm³/mol. The third-order valence-corrected chi connectivity index (χ3v) is 5.35. The Morgan fingerprint density at radius 3 is 2.57 bits per heavy atom. The van der Waals surface area contributed by atoms with Crippen LogP contribution < -0.4 is 5.32 Å². The molecule has 1 aromatic carbocycles. The number of imidazole rings is 1. The van der Waals surface area contributed by atoms with Gasteiger partial charge in [0.05, 0.1) is 24.5 Å². The van der Waals surface area contributed by atoms with Crippen LogP contribution in [-0.2, 0) is 14.2 Å². The molecule has 4 rings (SSSR count). The average molecular weight is 381 g/mol. The number of hydrogen-bond donors (Lipinski definition) is 1. The molecule has 3 heterocycles. The molecule has 7 heteroatoms. The van der Waals surface area contributed by atoms with Crippen molar-refractivity contribution in [3.63, 3.8) is 0 Å². The summed E-state index contributed by atoms with van der Waals surface area (Å²) >= 11 is 0. The zero-order valence-corrected chi connectivity index (χ0v) is 16.3. The van der Waals surface area contributed by atoms with Crippen LogP contribution in [0.25, 0.3) is 5.65 Å². The standard InChI is InChI=1S/C21H23N3O4/c1-12-13(2)24-11-10-15-17(20(24)22-12)23-16(14-8-6-5-7-9-14)19(18(15)26-3)28-21(25)27-4/h5-11,16,18-19,23H,1-4H3. The number of aryl methyl sites for hydroxylation is 2. The summed E-state index contributed by atoms with van der Waals surface area (Å²) in [6.45, 7) is 4.03. The summed E-state index contributed by atoms with van der Waals surface area (Å²) in [6, 6.07) is 11.5. The number of ether oxygens (including phenoxy) is 3. The van der Waals surface area contributed by atoms with Gasteiger partial charge in [0.2, 0.25) is 0 Å². The van der Waals surface area contributed by atoms with Crippen molar-refractivity contribution in [1.29, 1.82) is 0 Å². The lowest BCUT2D eigenvalue weighted by Gasteiger charge is -2.39. The normalized spacial score (nSPS) is 21.1. The van der Waals surface area contributed by atoms with Crippen LogP contribution in [0.15, 0.2) is 42.6 Å². The number of carbonyl (C=O) groups excluding carboxylic acids is 1. The molecule has 2 aromatic heterocycles. The molecule has 0 fully saturated rings. The molecule has 0 saturated carbocycles. The van der Waals surface area contributed by atoms with Crippen molar-refractivity contribution in [2.75, 3.05) is 19.5 Å². The molecule has 0 amide bonds. The Hall–Kier alpha value is -3.06. The smallest absolute Gasteiger partial charge is 0.438 e. The van der Waals surface area contributed by atoms with Crippen molar-refractivity contribution in [1.82, 2.24) is 9.38 Å². The Morgan fingerprint density at radius 1 is 1.14 bits per heavy atom. The van der Waals surface area contributed by atoms with Crippen LogP contribution in [0.5, 0.6) is 0 Å². The van der Waals surface area contributed by atoms with E-state index in [-0.39, 0.29) is 6.04 Å². The third-order valence-electron chi connectivity index (χ3n) is 5.35. The number of carbonyl (C=O) groups is 1. The Balaban J connectivity index is 1.89. The Labute approximate surface area is 163 Å². The van der Waals surface area contributed by atoms with Gasteiger partial charge in [0.25, 0.3) is 0 Å². The minimum Gasteiger partial charge on any atom is -0.438 e. The highest BCUT2D eigenvalue weighted by molar-refractivity contribution is 5.75. The van der Waals surface area contributed by atoms with Crippen LogP contribution in [0, 0.1) is 13.8 Å². The molecule has 1 aliphatic heterocycles. The number of rotatable bonds is 3. The van der Waals surface area contributed by atoms with Gasteiger partial charge in [-0.05, 0) is 25.5 Å². The van der Waals surface area contributed by atoms with E-state index >= 15 is 0 Å². The van der Waals surface area contributed by atoms with Crippen LogP contribution in [-0.4, -0.2) is 35.9 Å². The van der Waals surface area contributed by atoms with Crippen molar-refractivity contribution in [2.45, 2.75) is 32.1 Å². The molecule has 7 nitrogen and oxygen atoms in total. The van der Waals surface area contributed by atoms with Gasteiger partial charge in [0, 0.05) is 24.6 Å². The molecule has 0 aliphatic carbocycles. The number of nitrogens with zero attached hydrogens (tertiary/aromatic N) is 2. The molecule has 3 atom stereocenters. The highest BCUT2D eigenvalue weighted by Crippen LogP contribution is 2.44. The molecule has 146 valence electrons. The van der Waals surface area contributed by atoms with Crippen molar-refractivity contribution < 1.29 is 19.0 Å². The Kier molecular flexibility index (Phi) is 4.68. The topological polar surface area (TPSA) is 74.1 Å². The first kappa shape index (κ1) is 18.3. The Morgan fingerprint density at radius 2 is 1.89 bits per heavy atom. The summed E-state index contributed by atoms with van der Waals surface area (Å²) < 4.78 is 18.2. The summed E-state index contributed by atoms with van der Waals surface area (Å²) in [5.74, 6) is 0. The second kappa shape index (κ2) is 7.16. The molecule has 0 saturated heterocycles. The first-order valence-corrected chi connectivity index (χ1v) is 9.12. The number of nitrogens with one attached hydrogen (secondary N) is 1. The van der Waals surface area contributed by atoms with E-state index in [4.69, 9.17) is 19.2 Å². The van der Waals surface area contributed by atoms with Crippen LogP contribution in [0.3, 0.4) is 0 Å². The van der Waals surface area contributed by atoms with Gasteiger partial charge in [-0.15, -0.1) is 0 Å². The molecule has 3 unspecified atom stereocenters. The number of benzene rings is 1. The van der Waals surface area contributed by atoms with Gasteiger partial charge in [-0.3, -0.25) is 0 Å². The zero-order chi connectivity index (χ0) is 19.8. The highest BCUT2D eigenvalue weighted by atomic mass is 16.7. The van der Waals surface area contributed by atoms with Gasteiger partial charge in [-0.1, -0.05) is 30.3 Å². The van der Waals surface area contributed by atoms with E-state index in [1.54, 1.807) is 7.11 Å². The van der Waals surface area contributed by atoms with E-state index in [0.717, 1.165) is 33.8 Å². The number of anilines is 1. The van der Waals surface area contributed by atoms with E-state index in [0.29, 0.717) is 0 Å². The molecular formula is C21H23N3O4. The monoisotopic (exact) mass is 381 g/mol. The van der Waals surface area contributed by atoms with Crippen LogP contribution in [0.2, 0.25) is 0 Å². The number of pyridine rings is 1. The van der Waals surface area contributed by atoms with Crippen molar-refractivity contribution >= 4 is 17.5 Å². The van der Waals surface area contributed by atoms with Gasteiger partial charge in [-0.2, -0.15) is 0 Å². The van der Waals surface area contributed by atoms with E-state index in [2.05, 4.69) is 9.72 Å². The third kappa shape index (κ3) is 2.88. The van der Waals surface area contributed by atoms with E-state index in [9.17, 15) is 4.79 Å². The SMILES string of the molecule is COC(=O)OC1C(c2ccccc2)Nc2c(ccn3c(C)c(C)nc23)C1OC. The minimum absolute atomic E-state index is 0.318. The average Bonchev–Trinajstić information content (AvgIpc) is 3.02. The molecule has 1 N–H and O–H groups in total. The van der Waals surface area contributed by atoms with Gasteiger partial charge < -0.3 is 23.9 Å². The minimum atomic E-state index is -0.744. The van der Waals surface area contributed by atoms with Crippen LogP contribution >= 0.6 is 0 Å². The summed E-state index contributed by atoms with van der Waals surface area (Å²) in [6.07, 6.45) is 0.150. The maximum atomic E-state index is 11.9. The maximum absolute atomic E-state index is 11.9. The van der Waals surface area contributed by atoms with Crippen LogP contribution in [0.4, 0.5) is 10.5 Å². The molecule has 0 bridgehead atoms. The largest absolute Gasteiger partial charge is 0.508 e. The fourth-order valence-electron chi connectivity index (χ4n) is 3.81. The van der Waals surface area contributed by atoms with Gasteiger partial charge >= 0.3 is 6.16 Å². The first-order chi connectivity index (χ1) is 13.5. The lowest BCUT2D eigenvalue weighted by Crippen LogP contribution is -2.40. The second-order valence-electron chi connectivity index (χ2n) is 6.85. The fourth-order valence-corrected chi connectivity index (χ4v) is 3.81. The van der Waals surface area contributed by atoms with E-state index < -0.39 is 18.4 Å².